The number of ether oxygens (including phenoxy) is 2. The van der Waals surface area contributed by atoms with Gasteiger partial charge >= 0.3 is 0 Å². The Morgan fingerprint density at radius 1 is 1.22 bits per heavy atom. The zero-order valence-electron chi connectivity index (χ0n) is 12.1. The van der Waals surface area contributed by atoms with E-state index in [1.54, 1.807) is 0 Å². The SMILES string of the molecule is CC.Cc1cc(P)cc(OCC(C)(C)OCN)c1. The fourth-order valence-corrected chi connectivity index (χ4v) is 1.81. The highest BCUT2D eigenvalue weighted by atomic mass is 31.0. The number of hydrogen-bond donors (Lipinski definition) is 1. The van der Waals surface area contributed by atoms with E-state index < -0.39 is 0 Å². The Morgan fingerprint density at radius 2 is 1.83 bits per heavy atom. The summed E-state index contributed by atoms with van der Waals surface area (Å²) in [6.07, 6.45) is 0. The highest BCUT2D eigenvalue weighted by Gasteiger charge is 2.18. The van der Waals surface area contributed by atoms with Crippen LogP contribution in [0.15, 0.2) is 18.2 Å². The number of aryl methyl sites for hydroxylation is 1. The first-order valence-electron chi connectivity index (χ1n) is 6.27. The minimum atomic E-state index is -0.362. The van der Waals surface area contributed by atoms with Crippen LogP contribution in [0.25, 0.3) is 0 Å². The molecule has 0 fully saturated rings. The van der Waals surface area contributed by atoms with Gasteiger partial charge in [-0.1, -0.05) is 19.9 Å². The van der Waals surface area contributed by atoms with Crippen LogP contribution in [-0.4, -0.2) is 18.9 Å². The molecule has 1 aromatic carbocycles. The van der Waals surface area contributed by atoms with E-state index in [0.29, 0.717) is 6.61 Å². The molecule has 104 valence electrons. The summed E-state index contributed by atoms with van der Waals surface area (Å²) in [5.41, 5.74) is 6.17. The molecule has 0 aromatic heterocycles. The van der Waals surface area contributed by atoms with E-state index in [1.807, 2.05) is 46.8 Å². The van der Waals surface area contributed by atoms with E-state index in [4.69, 9.17) is 15.2 Å². The molecular formula is C14H26NO2P. The molecule has 0 spiro atoms. The van der Waals surface area contributed by atoms with Gasteiger partial charge in [-0.05, 0) is 43.8 Å². The molecule has 0 amide bonds. The van der Waals surface area contributed by atoms with Crippen LogP contribution >= 0.6 is 9.24 Å². The van der Waals surface area contributed by atoms with Crippen LogP contribution in [0.5, 0.6) is 5.75 Å². The third kappa shape index (κ3) is 6.95. The molecule has 3 nitrogen and oxygen atoms in total. The number of benzene rings is 1. The summed E-state index contributed by atoms with van der Waals surface area (Å²) in [7, 11) is 2.67. The molecule has 0 saturated heterocycles. The molecule has 0 aliphatic carbocycles. The molecule has 0 saturated carbocycles. The van der Waals surface area contributed by atoms with Crippen LogP contribution in [-0.2, 0) is 4.74 Å². The monoisotopic (exact) mass is 271 g/mol. The molecule has 1 atom stereocenters. The number of rotatable bonds is 5. The minimum Gasteiger partial charge on any atom is -0.491 e. The molecular weight excluding hydrogens is 245 g/mol. The second kappa shape index (κ2) is 8.47. The van der Waals surface area contributed by atoms with Crippen LogP contribution in [0.4, 0.5) is 0 Å². The van der Waals surface area contributed by atoms with Crippen molar-refractivity contribution in [3.8, 4) is 5.75 Å². The van der Waals surface area contributed by atoms with Crippen LogP contribution < -0.4 is 15.8 Å². The normalized spacial score (nSPS) is 10.6. The summed E-state index contributed by atoms with van der Waals surface area (Å²) >= 11 is 0. The Morgan fingerprint density at radius 3 is 2.33 bits per heavy atom. The van der Waals surface area contributed by atoms with Crippen molar-refractivity contribution in [3.63, 3.8) is 0 Å². The Balaban J connectivity index is 0.00000137. The predicted octanol–water partition coefficient (Wildman–Crippen LogP) is 2.61. The molecule has 2 N–H and O–H groups in total. The maximum Gasteiger partial charge on any atom is 0.120 e. The van der Waals surface area contributed by atoms with Crippen molar-refractivity contribution in [2.24, 2.45) is 5.73 Å². The van der Waals surface area contributed by atoms with Crippen molar-refractivity contribution >= 4 is 14.5 Å². The van der Waals surface area contributed by atoms with E-state index in [-0.39, 0.29) is 12.3 Å². The second-order valence-corrected chi connectivity index (χ2v) is 5.11. The van der Waals surface area contributed by atoms with Crippen molar-refractivity contribution in [2.75, 3.05) is 13.3 Å². The Labute approximate surface area is 113 Å². The molecule has 1 rings (SSSR count). The highest BCUT2D eigenvalue weighted by molar-refractivity contribution is 7.27. The zero-order valence-corrected chi connectivity index (χ0v) is 13.3. The average Bonchev–Trinajstić information content (AvgIpc) is 2.28. The standard InChI is InChI=1S/C12H20NO2P.C2H6/c1-9-4-10(6-11(16)5-9)14-7-12(2,3)15-8-13;1-2/h4-6H,7-8,13,16H2,1-3H3;1-2H3. The summed E-state index contributed by atoms with van der Waals surface area (Å²) in [4.78, 5) is 0. The van der Waals surface area contributed by atoms with Gasteiger partial charge < -0.3 is 15.2 Å². The number of hydrogen-bond acceptors (Lipinski definition) is 3. The zero-order chi connectivity index (χ0) is 14.2. The van der Waals surface area contributed by atoms with Gasteiger partial charge in [-0.2, -0.15) is 0 Å². The van der Waals surface area contributed by atoms with Gasteiger partial charge in [-0.25, -0.2) is 0 Å². The molecule has 1 unspecified atom stereocenters. The Kier molecular flexibility index (Phi) is 8.17. The van der Waals surface area contributed by atoms with Crippen LogP contribution in [0.2, 0.25) is 0 Å². The van der Waals surface area contributed by atoms with Gasteiger partial charge in [-0.3, -0.25) is 0 Å². The Hall–Kier alpha value is -0.630. The summed E-state index contributed by atoms with van der Waals surface area (Å²) in [6.45, 7) is 10.6. The molecule has 4 heteroatoms. The fourth-order valence-electron chi connectivity index (χ4n) is 1.38. The highest BCUT2D eigenvalue weighted by Crippen LogP contribution is 2.16. The van der Waals surface area contributed by atoms with E-state index in [9.17, 15) is 0 Å². The number of nitrogens with two attached hydrogens (primary N) is 1. The molecule has 18 heavy (non-hydrogen) atoms. The Bertz CT molecular complexity index is 333. The second-order valence-electron chi connectivity index (χ2n) is 4.44. The lowest BCUT2D eigenvalue weighted by Gasteiger charge is -2.24. The molecule has 0 aliphatic rings. The van der Waals surface area contributed by atoms with Crippen molar-refractivity contribution < 1.29 is 9.47 Å². The molecule has 0 bridgehead atoms. The van der Waals surface area contributed by atoms with Crippen molar-refractivity contribution in [1.82, 2.24) is 0 Å². The van der Waals surface area contributed by atoms with Crippen molar-refractivity contribution in [3.05, 3.63) is 23.8 Å². The molecule has 1 aromatic rings. The first kappa shape index (κ1) is 17.4. The lowest BCUT2D eigenvalue weighted by atomic mass is 10.1. The third-order valence-electron chi connectivity index (χ3n) is 2.13. The van der Waals surface area contributed by atoms with Gasteiger partial charge in [-0.15, -0.1) is 9.24 Å². The smallest absolute Gasteiger partial charge is 0.120 e. The largest absolute Gasteiger partial charge is 0.491 e. The first-order chi connectivity index (χ1) is 8.43. The van der Waals surface area contributed by atoms with E-state index in [1.165, 1.54) is 5.56 Å². The predicted molar refractivity (Wildman–Crippen MR) is 81.6 cm³/mol. The first-order valence-corrected chi connectivity index (χ1v) is 6.85. The van der Waals surface area contributed by atoms with Gasteiger partial charge in [0.2, 0.25) is 0 Å². The molecule has 0 heterocycles. The summed E-state index contributed by atoms with van der Waals surface area (Å²) in [5.74, 6) is 0.860. The molecule has 0 radical (unpaired) electrons. The quantitative estimate of drug-likeness (QED) is 0.661. The van der Waals surface area contributed by atoms with Crippen LogP contribution in [0.1, 0.15) is 33.3 Å². The van der Waals surface area contributed by atoms with Gasteiger partial charge in [0.05, 0.1) is 12.3 Å². The minimum absolute atomic E-state index is 0.207. The van der Waals surface area contributed by atoms with Gasteiger partial charge in [0.15, 0.2) is 0 Å². The van der Waals surface area contributed by atoms with Gasteiger partial charge in [0.1, 0.15) is 12.4 Å². The maximum absolute atomic E-state index is 5.69. The van der Waals surface area contributed by atoms with Crippen LogP contribution in [0, 0.1) is 6.92 Å². The molecule has 0 aliphatic heterocycles. The van der Waals surface area contributed by atoms with Crippen molar-refractivity contribution in [2.45, 2.75) is 40.2 Å². The fraction of sp³-hybridized carbons (Fsp3) is 0.571. The van der Waals surface area contributed by atoms with Gasteiger partial charge in [0.25, 0.3) is 0 Å². The lowest BCUT2D eigenvalue weighted by Crippen LogP contribution is -2.34. The van der Waals surface area contributed by atoms with Gasteiger partial charge in [0, 0.05) is 0 Å². The summed E-state index contributed by atoms with van der Waals surface area (Å²) < 4.78 is 11.1. The van der Waals surface area contributed by atoms with Crippen molar-refractivity contribution in [1.29, 1.82) is 0 Å². The van der Waals surface area contributed by atoms with Crippen LogP contribution in [0.3, 0.4) is 0 Å². The van der Waals surface area contributed by atoms with E-state index in [0.717, 1.165) is 11.1 Å². The third-order valence-corrected chi connectivity index (χ3v) is 2.47. The van der Waals surface area contributed by atoms with E-state index >= 15 is 0 Å². The summed E-state index contributed by atoms with van der Waals surface area (Å²) in [6, 6.07) is 6.07. The average molecular weight is 271 g/mol. The van der Waals surface area contributed by atoms with E-state index in [2.05, 4.69) is 15.3 Å². The topological polar surface area (TPSA) is 44.5 Å². The summed E-state index contributed by atoms with van der Waals surface area (Å²) in [5, 5.41) is 1.12. The lowest BCUT2D eigenvalue weighted by molar-refractivity contribution is -0.0439. The maximum atomic E-state index is 5.69.